The van der Waals surface area contributed by atoms with Crippen molar-refractivity contribution in [3.05, 3.63) is 29.8 Å². The summed E-state index contributed by atoms with van der Waals surface area (Å²) in [4.78, 5) is 255. The predicted octanol–water partition coefficient (Wildman–Crippen LogP) is -1.25. The maximum atomic E-state index is 13.8. The van der Waals surface area contributed by atoms with E-state index >= 15 is 0 Å². The number of benzene rings is 1. The van der Waals surface area contributed by atoms with E-state index < -0.39 is 94.2 Å². The van der Waals surface area contributed by atoms with E-state index in [1.54, 1.807) is 12.1 Å². The monoisotopic (exact) mass is 1440 g/mol. The Hall–Kier alpha value is -9.51. The summed E-state index contributed by atoms with van der Waals surface area (Å²) in [6.45, 7) is 11.0. The third kappa shape index (κ3) is 51.7. The zero-order valence-electron chi connectivity index (χ0n) is 56.8. The van der Waals surface area contributed by atoms with E-state index in [9.17, 15) is 62.6 Å². The van der Waals surface area contributed by atoms with Crippen LogP contribution in [-0.4, -0.2) is 204 Å². The Kier molecular flexibility index (Phi) is 63.6. The number of rotatable bonds is 46. The van der Waals surface area contributed by atoms with Crippen LogP contribution in [-0.2, 0) is 131 Å². The first kappa shape index (κ1) is 99.2. The Labute approximate surface area is 581 Å². The second-order valence-electron chi connectivity index (χ2n) is 21.9. The van der Waals surface area contributed by atoms with Gasteiger partial charge in [0.15, 0.2) is 23.1 Å². The summed E-state index contributed by atoms with van der Waals surface area (Å²) in [5, 5.41) is 19.8. The number of nitrogens with zero attached hydrogens (tertiary/aromatic N) is 1. The van der Waals surface area contributed by atoms with Crippen LogP contribution < -0.4 is 38.5 Å². The molecule has 1 aromatic carbocycles. The molecule has 35 nitrogen and oxygen atoms in total. The number of hydrogen-bond donors (Lipinski definition) is 8. The van der Waals surface area contributed by atoms with Crippen LogP contribution in [0.3, 0.4) is 0 Å². The van der Waals surface area contributed by atoms with Gasteiger partial charge in [-0.15, -0.1) is 11.8 Å². The molecule has 1 unspecified atom stereocenters. The van der Waals surface area contributed by atoms with Gasteiger partial charge in [-0.25, -0.2) is 0 Å². The Bertz CT molecular complexity index is 2800. The smallest absolute Gasteiger partial charge is 0.373 e. The minimum atomic E-state index is -1.06. The average Bonchev–Trinajstić information content (AvgIpc) is 1.65. The van der Waals surface area contributed by atoms with Gasteiger partial charge in [-0.1, -0.05) is 32.4 Å². The molecule has 0 bridgehead atoms. The van der Waals surface area contributed by atoms with Crippen LogP contribution in [0.4, 0.5) is 0 Å². The van der Waals surface area contributed by atoms with Crippen LogP contribution in [0, 0.1) is 17.8 Å². The topological polar surface area (TPSA) is 578 Å². The second-order valence-corrected chi connectivity index (χ2v) is 23.2. The van der Waals surface area contributed by atoms with Gasteiger partial charge in [-0.05, 0) is 116 Å². The Morgan fingerprint density at radius 3 is 1.48 bits per heavy atom. The number of carbonyl (C=O) groups excluding carboxylic acids is 24. The fourth-order valence-electron chi connectivity index (χ4n) is 8.71. The van der Waals surface area contributed by atoms with E-state index in [1.165, 1.54) is 65.4 Å². The molecule has 0 saturated carbocycles. The van der Waals surface area contributed by atoms with Crippen molar-refractivity contribution in [2.24, 2.45) is 35.0 Å². The van der Waals surface area contributed by atoms with E-state index in [0.717, 1.165) is 4.90 Å². The van der Waals surface area contributed by atoms with Gasteiger partial charge >= 0.3 is 36.9 Å². The number of unbranched alkanes of at least 4 members (excludes halogenated alkanes) is 2. The number of Topliss-reactive ketones (excluding diaryl/α,β-unsaturated/α-hetero) is 6. The van der Waals surface area contributed by atoms with E-state index in [-0.39, 0.29) is 136 Å². The molecule has 1 aliphatic rings. The number of nitrogens with two attached hydrogens (primary N) is 3. The van der Waals surface area contributed by atoms with Crippen molar-refractivity contribution in [1.82, 2.24) is 26.2 Å². The highest BCUT2D eigenvalue weighted by Crippen LogP contribution is 2.27. The number of thioether (sulfide) groups is 1. The molecule has 1 aromatic rings. The summed E-state index contributed by atoms with van der Waals surface area (Å²) in [7, 11) is 0. The third-order valence-electron chi connectivity index (χ3n) is 14.0. The molecule has 0 radical (unpaired) electrons. The van der Waals surface area contributed by atoms with Gasteiger partial charge in [0, 0.05) is 82.3 Å². The Morgan fingerprint density at radius 2 is 1.00 bits per heavy atom. The minimum absolute atomic E-state index is 0.00944. The Morgan fingerprint density at radius 1 is 0.540 bits per heavy atom. The Balaban J connectivity index is -0.00000150. The quantitative estimate of drug-likeness (QED) is 0.0279. The lowest BCUT2D eigenvalue weighted by Gasteiger charge is -2.24. The standard InChI is InChI=1S/C58H92N8O15S.6CO2/c1-36(31-50(72)41(6)63-57(78)43(13-7-9-23-59)34-51(73)47(65-56(77)39(4)61)33-42-17-19-45(69)20-18-42)54(75)62-40(5)49(71)32-37(2)55(76)64-46(15-8-10-24-60)48(70)16-12-30-82-52-35-53(74)66(58(52)79)25-21-44(68)14-11-26-80-28-29-81-27-22-38(3)67;6*2-1-3/h17-20,36-37,39-41,43,46-47,52,69H,7-16,21-35,59-61H2,1-6H3,(H,62,75)(H,63,78)(H,64,76)(H,65,77);;;;;;/t36-,37-,39+,40+,41+,43-,46+,47+,52?;;;;;;/m1....../s1. The summed E-state index contributed by atoms with van der Waals surface area (Å²) in [6.07, 6.45) is 5.04. The molecule has 0 aromatic heterocycles. The van der Waals surface area contributed by atoms with Crippen molar-refractivity contribution in [3.8, 4) is 5.75 Å². The fourth-order valence-corrected chi connectivity index (χ4v) is 9.83. The molecule has 556 valence electrons. The van der Waals surface area contributed by atoms with Crippen LogP contribution in [0.15, 0.2) is 24.3 Å². The summed E-state index contributed by atoms with van der Waals surface area (Å²) in [5.41, 5.74) is 17.8. The average molecular weight is 1440 g/mol. The summed E-state index contributed by atoms with van der Waals surface area (Å²) in [5.74, 6) is -7.02. The molecule has 36 heteroatoms. The molecule has 1 heterocycles. The van der Waals surface area contributed by atoms with E-state index in [4.69, 9.17) is 84.2 Å². The molecular weight excluding hydrogens is 1340 g/mol. The molecule has 1 fully saturated rings. The van der Waals surface area contributed by atoms with Crippen molar-refractivity contribution in [2.45, 2.75) is 186 Å². The maximum absolute atomic E-state index is 13.8. The molecular formula is C64H92N8O27S. The fraction of sp³-hybridized carbons (Fsp3) is 0.625. The number of amides is 6. The summed E-state index contributed by atoms with van der Waals surface area (Å²) >= 11 is 1.26. The SMILES string of the molecule is CC(=O)CCOCCOCCCC(=O)CCN1C(=O)CC(SCCCC(=O)[C@H](CCCCN)NC(=O)[C@H](C)CC(=O)[C@H](C)NC(=O)[C@H](C)CC(=O)[C@H](C)NC(=O)[C@H](CCCCN)CC(=O)[C@H](Cc2ccc(O)cc2)NC(=O)[C@H](C)N)C1=O.O=C=O.O=C=O.O=C=O.O=C=O.O=C=O.O=C=O. The van der Waals surface area contributed by atoms with Crippen molar-refractivity contribution in [1.29, 1.82) is 0 Å². The van der Waals surface area contributed by atoms with Gasteiger partial charge in [-0.2, -0.15) is 57.5 Å². The lowest BCUT2D eigenvalue weighted by Crippen LogP contribution is -2.49. The zero-order chi connectivity index (χ0) is 77.6. The molecule has 11 N–H and O–H groups in total. The van der Waals surface area contributed by atoms with Crippen molar-refractivity contribution in [3.63, 3.8) is 0 Å². The van der Waals surface area contributed by atoms with Gasteiger partial charge < -0.3 is 53.0 Å². The predicted molar refractivity (Wildman–Crippen MR) is 339 cm³/mol. The number of ether oxygens (including phenoxy) is 2. The second kappa shape index (κ2) is 64.2. The number of likely N-dealkylation sites (tertiary alicyclic amines) is 1. The van der Waals surface area contributed by atoms with Crippen molar-refractivity contribution >= 4 is 119 Å². The van der Waals surface area contributed by atoms with Crippen LogP contribution in [0.25, 0.3) is 0 Å². The van der Waals surface area contributed by atoms with Gasteiger partial charge in [0.1, 0.15) is 17.3 Å². The van der Waals surface area contributed by atoms with E-state index in [0.29, 0.717) is 102 Å². The number of aromatic hydroxyl groups is 1. The first-order chi connectivity index (χ1) is 47.4. The first-order valence-electron chi connectivity index (χ1n) is 31.2. The van der Waals surface area contributed by atoms with Gasteiger partial charge in [-0.3, -0.25) is 62.4 Å². The number of ketones is 6. The highest BCUT2D eigenvalue weighted by molar-refractivity contribution is 8.00. The molecule has 100 heavy (non-hydrogen) atoms. The van der Waals surface area contributed by atoms with Crippen LogP contribution in [0.1, 0.15) is 150 Å². The minimum Gasteiger partial charge on any atom is -0.508 e. The molecule has 1 aliphatic heterocycles. The lowest BCUT2D eigenvalue weighted by molar-refractivity contribution is -0.193. The normalized spacial score (nSPS) is 13.8. The number of carbonyl (C=O) groups is 12. The first-order valence-corrected chi connectivity index (χ1v) is 32.3. The largest absolute Gasteiger partial charge is 0.508 e. The van der Waals surface area contributed by atoms with E-state index in [1.807, 2.05) is 0 Å². The van der Waals surface area contributed by atoms with Gasteiger partial charge in [0.05, 0.1) is 55.3 Å². The number of nitrogens with one attached hydrogen (secondary N) is 4. The van der Waals surface area contributed by atoms with Crippen LogP contribution >= 0.6 is 11.8 Å². The highest BCUT2D eigenvalue weighted by Gasteiger charge is 2.39. The molecule has 9 atom stereocenters. The molecule has 1 saturated heterocycles. The molecule has 6 amide bonds. The number of imide groups is 1. The van der Waals surface area contributed by atoms with E-state index in [2.05, 4.69) is 21.3 Å². The van der Waals surface area contributed by atoms with Crippen LogP contribution in [0.5, 0.6) is 5.75 Å². The third-order valence-corrected chi connectivity index (χ3v) is 15.3. The molecule has 0 aliphatic carbocycles. The van der Waals surface area contributed by atoms with Gasteiger partial charge in [0.2, 0.25) is 35.4 Å². The molecule has 2 rings (SSSR count). The molecule has 0 spiro atoms. The summed E-state index contributed by atoms with van der Waals surface area (Å²) < 4.78 is 10.7. The number of hydrogen-bond acceptors (Lipinski definition) is 31. The van der Waals surface area contributed by atoms with Crippen LogP contribution in [0.2, 0.25) is 0 Å². The number of phenols is 1. The lowest BCUT2D eigenvalue weighted by atomic mass is 9.90. The maximum Gasteiger partial charge on any atom is 0.373 e. The zero-order valence-corrected chi connectivity index (χ0v) is 57.6. The van der Waals surface area contributed by atoms with Crippen molar-refractivity contribution < 1.29 is 130 Å². The summed E-state index contributed by atoms with van der Waals surface area (Å²) in [6, 6.07) is 1.18. The highest BCUT2D eigenvalue weighted by atomic mass is 32.2. The number of phenolic OH excluding ortho intramolecular Hbond substituents is 1. The van der Waals surface area contributed by atoms with Gasteiger partial charge in [0.25, 0.3) is 0 Å². The van der Waals surface area contributed by atoms with Crippen molar-refractivity contribution in [2.75, 3.05) is 51.8 Å².